The van der Waals surface area contributed by atoms with Gasteiger partial charge in [0, 0.05) is 43.7 Å². The molecule has 2 amide bonds. The minimum Gasteiger partial charge on any atom is -0.381 e. The zero-order chi connectivity index (χ0) is 33.6. The third kappa shape index (κ3) is 5.39. The van der Waals surface area contributed by atoms with Crippen LogP contribution in [-0.4, -0.2) is 40.7 Å². The average molecular weight is 632 g/mol. The molecule has 0 fully saturated rings. The molecule has 236 valence electrons. The number of hydrogen-bond acceptors (Lipinski definition) is 8. The largest absolute Gasteiger partial charge is 0.381 e. The summed E-state index contributed by atoms with van der Waals surface area (Å²) >= 11 is 0. The Morgan fingerprint density at radius 1 is 0.957 bits per heavy atom. The maximum Gasteiger partial charge on any atom is 0.290 e. The zero-order valence-electron chi connectivity index (χ0n) is 26.2. The second kappa shape index (κ2) is 11.8. The molecule has 0 spiro atoms. The molecule has 0 aliphatic rings. The highest BCUT2D eigenvalue weighted by atomic mass is 16.5. The molecule has 0 atom stereocenters. The van der Waals surface area contributed by atoms with Crippen LogP contribution in [0.1, 0.15) is 44.9 Å². The second-order valence-electron chi connectivity index (χ2n) is 10.9. The summed E-state index contributed by atoms with van der Waals surface area (Å²) in [6.07, 6.45) is 0. The summed E-state index contributed by atoms with van der Waals surface area (Å²) in [5.41, 5.74) is 2.75. The lowest BCUT2D eigenvalue weighted by Gasteiger charge is -2.13. The van der Waals surface area contributed by atoms with E-state index in [0.29, 0.717) is 51.4 Å². The number of carbonyl (C=O) groups is 2. The summed E-state index contributed by atoms with van der Waals surface area (Å²) in [5.74, 6) is -0.352. The van der Waals surface area contributed by atoms with Crippen LogP contribution in [0.2, 0.25) is 0 Å². The topological polar surface area (TPSA) is 175 Å². The average Bonchev–Trinajstić information content (AvgIpc) is 3.64. The van der Waals surface area contributed by atoms with Crippen LogP contribution in [0.3, 0.4) is 0 Å². The molecule has 0 radical (unpaired) electrons. The van der Waals surface area contributed by atoms with Crippen molar-refractivity contribution in [2.24, 2.45) is 14.1 Å². The van der Waals surface area contributed by atoms with E-state index in [4.69, 9.17) is 9.78 Å². The molecule has 0 aliphatic heterocycles. The number of benzene rings is 2. The lowest BCUT2D eigenvalue weighted by Crippen LogP contribution is -2.21. The minimum absolute atomic E-state index is 0.0409. The van der Waals surface area contributed by atoms with Crippen molar-refractivity contribution in [1.82, 2.24) is 28.9 Å². The fourth-order valence-electron chi connectivity index (χ4n) is 5.58. The van der Waals surface area contributed by atoms with E-state index in [1.54, 1.807) is 81.2 Å². The van der Waals surface area contributed by atoms with Crippen LogP contribution in [0.4, 0.5) is 11.5 Å². The predicted octanol–water partition coefficient (Wildman–Crippen LogP) is 3.89. The van der Waals surface area contributed by atoms with Gasteiger partial charge in [0.1, 0.15) is 23.0 Å². The van der Waals surface area contributed by atoms with E-state index >= 15 is 0 Å². The predicted molar refractivity (Wildman–Crippen MR) is 174 cm³/mol. The number of aryl methyl sites for hydroxylation is 5. The SMILES string of the molecule is CCn1c2c(C(=O)Nc3cccc(C(=O)Nc4cc(C#N)n(C)n4)c3)nc(C)cc2c(=O)n1-c1ccc(-c2c(C)on(C)c2=O)cc1. The molecule has 6 aromatic rings. The number of anilines is 2. The van der Waals surface area contributed by atoms with Crippen molar-refractivity contribution in [2.45, 2.75) is 27.3 Å². The van der Waals surface area contributed by atoms with Crippen LogP contribution in [0.15, 0.2) is 74.8 Å². The fourth-order valence-corrected chi connectivity index (χ4v) is 5.58. The van der Waals surface area contributed by atoms with Crippen molar-refractivity contribution in [1.29, 1.82) is 5.26 Å². The number of aromatic nitrogens is 6. The van der Waals surface area contributed by atoms with E-state index in [2.05, 4.69) is 20.7 Å². The lowest BCUT2D eigenvalue weighted by molar-refractivity contribution is 0.101. The summed E-state index contributed by atoms with van der Waals surface area (Å²) in [5, 5.41) is 19.0. The number of hydrogen-bond donors (Lipinski definition) is 2. The van der Waals surface area contributed by atoms with Crippen LogP contribution in [-0.2, 0) is 20.6 Å². The monoisotopic (exact) mass is 631 g/mol. The maximum atomic E-state index is 13.8. The number of fused-ring (bicyclic) bond motifs is 1. The maximum absolute atomic E-state index is 13.8. The van der Waals surface area contributed by atoms with Gasteiger partial charge in [0.05, 0.1) is 16.6 Å². The highest BCUT2D eigenvalue weighted by Gasteiger charge is 2.23. The van der Waals surface area contributed by atoms with Gasteiger partial charge < -0.3 is 15.2 Å². The first kappa shape index (κ1) is 30.5. The van der Waals surface area contributed by atoms with Gasteiger partial charge in [0.15, 0.2) is 11.5 Å². The number of nitriles is 1. The molecule has 4 heterocycles. The van der Waals surface area contributed by atoms with Gasteiger partial charge in [-0.2, -0.15) is 15.1 Å². The summed E-state index contributed by atoms with van der Waals surface area (Å²) in [7, 11) is 3.14. The number of carbonyl (C=O) groups excluding carboxylic acids is 2. The van der Waals surface area contributed by atoms with Gasteiger partial charge in [-0.15, -0.1) is 0 Å². The minimum atomic E-state index is -0.569. The van der Waals surface area contributed by atoms with E-state index in [1.165, 1.54) is 26.2 Å². The van der Waals surface area contributed by atoms with Gasteiger partial charge in [0.2, 0.25) is 0 Å². The molecule has 2 aromatic carbocycles. The number of rotatable bonds is 7. The number of pyridine rings is 1. The molecule has 6 rings (SSSR count). The Labute approximate surface area is 267 Å². The Kier molecular flexibility index (Phi) is 7.66. The number of nitrogens with one attached hydrogen (secondary N) is 2. The Morgan fingerprint density at radius 3 is 2.34 bits per heavy atom. The van der Waals surface area contributed by atoms with E-state index in [0.717, 1.165) is 0 Å². The van der Waals surface area contributed by atoms with Crippen molar-refractivity contribution in [3.05, 3.63) is 110 Å². The van der Waals surface area contributed by atoms with Gasteiger partial charge in [-0.3, -0.25) is 28.5 Å². The van der Waals surface area contributed by atoms with Crippen molar-refractivity contribution < 1.29 is 14.1 Å². The smallest absolute Gasteiger partial charge is 0.290 e. The number of amides is 2. The third-order valence-corrected chi connectivity index (χ3v) is 7.70. The van der Waals surface area contributed by atoms with Crippen LogP contribution < -0.4 is 21.8 Å². The van der Waals surface area contributed by atoms with Gasteiger partial charge in [0.25, 0.3) is 22.9 Å². The second-order valence-corrected chi connectivity index (χ2v) is 10.9. The zero-order valence-corrected chi connectivity index (χ0v) is 26.2. The summed E-state index contributed by atoms with van der Waals surface area (Å²) in [6.45, 7) is 5.61. The Morgan fingerprint density at radius 2 is 1.70 bits per heavy atom. The summed E-state index contributed by atoms with van der Waals surface area (Å²) < 4.78 is 11.1. The van der Waals surface area contributed by atoms with Crippen LogP contribution in [0.5, 0.6) is 0 Å². The molecule has 0 unspecified atom stereocenters. The summed E-state index contributed by atoms with van der Waals surface area (Å²) in [6, 6.07) is 18.4. The molecule has 47 heavy (non-hydrogen) atoms. The van der Waals surface area contributed by atoms with Gasteiger partial charge in [-0.25, -0.2) is 9.67 Å². The lowest BCUT2D eigenvalue weighted by atomic mass is 10.1. The molecular formula is C33H29N9O5. The van der Waals surface area contributed by atoms with Crippen LogP contribution >= 0.6 is 0 Å². The summed E-state index contributed by atoms with van der Waals surface area (Å²) in [4.78, 5) is 57.5. The highest BCUT2D eigenvalue weighted by Crippen LogP contribution is 2.25. The molecule has 0 saturated heterocycles. The first-order valence-corrected chi connectivity index (χ1v) is 14.6. The Bertz CT molecular complexity index is 2380. The van der Waals surface area contributed by atoms with Gasteiger partial charge in [-0.05, 0) is 62.7 Å². The molecular weight excluding hydrogens is 602 g/mol. The Balaban J connectivity index is 1.34. The molecule has 0 aliphatic carbocycles. The van der Waals surface area contributed by atoms with E-state index in [9.17, 15) is 19.2 Å². The quantitative estimate of drug-likeness (QED) is 0.267. The van der Waals surface area contributed by atoms with Gasteiger partial charge in [-0.1, -0.05) is 18.2 Å². The highest BCUT2D eigenvalue weighted by molar-refractivity contribution is 6.11. The van der Waals surface area contributed by atoms with E-state index in [1.807, 2.05) is 13.0 Å². The van der Waals surface area contributed by atoms with E-state index in [-0.39, 0.29) is 33.9 Å². The number of nitrogens with zero attached hydrogens (tertiary/aromatic N) is 7. The van der Waals surface area contributed by atoms with Crippen molar-refractivity contribution >= 4 is 34.2 Å². The van der Waals surface area contributed by atoms with E-state index < -0.39 is 11.8 Å². The Hall–Kier alpha value is -6.49. The van der Waals surface area contributed by atoms with Crippen molar-refractivity contribution in [2.75, 3.05) is 10.6 Å². The molecule has 14 nitrogen and oxygen atoms in total. The third-order valence-electron chi connectivity index (χ3n) is 7.70. The van der Waals surface area contributed by atoms with Gasteiger partial charge >= 0.3 is 0 Å². The molecule has 0 bridgehead atoms. The molecule has 0 saturated carbocycles. The molecule has 14 heteroatoms. The van der Waals surface area contributed by atoms with Crippen molar-refractivity contribution in [3.8, 4) is 22.9 Å². The first-order chi connectivity index (χ1) is 22.5. The first-order valence-electron chi connectivity index (χ1n) is 14.6. The van der Waals surface area contributed by atoms with Crippen LogP contribution in [0, 0.1) is 25.2 Å². The van der Waals surface area contributed by atoms with Crippen molar-refractivity contribution in [3.63, 3.8) is 0 Å². The fraction of sp³-hybridized carbons (Fsp3) is 0.182. The van der Waals surface area contributed by atoms with Crippen LogP contribution in [0.25, 0.3) is 27.7 Å². The molecule has 2 N–H and O–H groups in total. The normalized spacial score (nSPS) is 11.1. The standard InChI is InChI=1S/C33H29N9O5/c1-6-41-29-25(32(45)42(41)23-12-10-20(11-13-23)27-19(3)47-40(5)33(27)46)14-18(2)35-28(29)31(44)36-22-9-7-8-21(15-22)30(43)37-26-16-24(17-34)39(4)38-26/h7-16H,6H2,1-5H3,(H,36,44)(H,37,38,43). The molecule has 4 aromatic heterocycles.